The van der Waals surface area contributed by atoms with Crippen molar-refractivity contribution >= 4 is 115 Å². The number of azo groups is 4. The molecule has 6 rings (SSSR count). The molecule has 6 N–H and O–H groups in total. The predicted molar refractivity (Wildman–Crippen MR) is 325 cm³/mol. The van der Waals surface area contributed by atoms with Gasteiger partial charge in [-0.15, -0.1) is 30.7 Å². The number of rotatable bonds is 28. The van der Waals surface area contributed by atoms with Gasteiger partial charge in [-0.2, -0.15) is 43.9 Å². The Labute approximate surface area is 507 Å². The number of nitrogens with zero attached hydrogens (tertiary/aromatic N) is 10. The van der Waals surface area contributed by atoms with Gasteiger partial charge in [-0.1, -0.05) is 0 Å². The van der Waals surface area contributed by atoms with Gasteiger partial charge in [0.2, 0.25) is 0 Å². The zero-order valence-electron chi connectivity index (χ0n) is 48.8. The summed E-state index contributed by atoms with van der Waals surface area (Å²) in [6, 6.07) is 18.8. The van der Waals surface area contributed by atoms with Crippen LogP contribution < -0.4 is 48.9 Å². The fraction of sp³-hybridized carbons (Fsp3) is 0.302. The van der Waals surface area contributed by atoms with Gasteiger partial charge >= 0.3 is 6.03 Å². The van der Waals surface area contributed by atoms with Crippen LogP contribution in [0.25, 0.3) is 0 Å². The molecule has 0 aliphatic heterocycles. The molecule has 0 bridgehead atoms. The maximum Gasteiger partial charge on any atom is 0.323 e. The minimum Gasteiger partial charge on any atom is -0.494 e. The lowest BCUT2D eigenvalue weighted by Gasteiger charge is -2.17. The van der Waals surface area contributed by atoms with Crippen LogP contribution in [0.4, 0.5) is 73.0 Å². The first-order chi connectivity index (χ1) is 41.3. The number of benzene rings is 6. The van der Waals surface area contributed by atoms with E-state index in [9.17, 15) is 56.7 Å². The normalized spacial score (nSPS) is 12.2. The van der Waals surface area contributed by atoms with Crippen LogP contribution >= 0.6 is 0 Å². The van der Waals surface area contributed by atoms with Gasteiger partial charge in [-0.05, 0) is 86.3 Å². The number of hydrogen-bond donors (Lipinski definition) is 6. The quantitative estimate of drug-likeness (QED) is 0.0151. The van der Waals surface area contributed by atoms with Gasteiger partial charge in [-0.3, -0.25) is 18.2 Å². The molecule has 2 amide bonds. The van der Waals surface area contributed by atoms with Gasteiger partial charge in [-0.25, -0.2) is 4.79 Å². The van der Waals surface area contributed by atoms with Crippen LogP contribution in [0.5, 0.6) is 34.5 Å². The lowest BCUT2D eigenvalue weighted by atomic mass is 10.1. The lowest BCUT2D eigenvalue weighted by Crippen LogP contribution is -2.21. The van der Waals surface area contributed by atoms with Crippen molar-refractivity contribution in [3.8, 4) is 34.5 Å². The molecule has 35 heteroatoms. The number of ether oxygens (including phenoxy) is 6. The Morgan fingerprint density at radius 3 is 0.977 bits per heavy atom. The van der Waals surface area contributed by atoms with Crippen LogP contribution in [-0.2, 0) is 40.5 Å². The molecule has 88 heavy (non-hydrogen) atoms. The van der Waals surface area contributed by atoms with E-state index in [4.69, 9.17) is 28.4 Å². The number of aryl methyl sites for hydroxylation is 2. The fourth-order valence-electron chi connectivity index (χ4n) is 7.74. The minimum absolute atomic E-state index is 0.0359. The van der Waals surface area contributed by atoms with Gasteiger partial charge in [0.15, 0.2) is 0 Å². The van der Waals surface area contributed by atoms with Gasteiger partial charge in [0.1, 0.15) is 78.4 Å². The van der Waals surface area contributed by atoms with E-state index in [1.807, 2.05) is 0 Å². The van der Waals surface area contributed by atoms with Crippen LogP contribution in [0.3, 0.4) is 0 Å². The Morgan fingerprint density at radius 1 is 0.420 bits per heavy atom. The smallest absolute Gasteiger partial charge is 0.323 e. The van der Waals surface area contributed by atoms with E-state index in [0.29, 0.717) is 22.5 Å². The first-order valence-electron chi connectivity index (χ1n) is 25.6. The van der Waals surface area contributed by atoms with Crippen molar-refractivity contribution in [1.29, 1.82) is 0 Å². The summed E-state index contributed by atoms with van der Waals surface area (Å²) in [5.74, 6) is -0.972. The molecule has 6 aromatic carbocycles. The Hall–Kier alpha value is -8.97. The van der Waals surface area contributed by atoms with Crippen molar-refractivity contribution in [3.63, 3.8) is 0 Å². The molecule has 0 aromatic heterocycles. The van der Waals surface area contributed by atoms with Crippen molar-refractivity contribution in [2.24, 2.45) is 40.9 Å². The summed E-state index contributed by atoms with van der Waals surface area (Å²) >= 11 is 0. The zero-order chi connectivity index (χ0) is 64.9. The average molecular weight is 1300 g/mol. The van der Waals surface area contributed by atoms with E-state index in [0.717, 1.165) is 0 Å². The van der Waals surface area contributed by atoms with Crippen molar-refractivity contribution < 1.29 is 85.1 Å². The van der Waals surface area contributed by atoms with Crippen molar-refractivity contribution in [1.82, 2.24) is 0 Å². The molecular formula is C53H62N12O19S4. The average Bonchev–Trinajstić information content (AvgIpc) is 3.50. The van der Waals surface area contributed by atoms with E-state index in [-0.39, 0.29) is 117 Å². The van der Waals surface area contributed by atoms with Gasteiger partial charge < -0.3 is 48.9 Å². The molecule has 0 atom stereocenters. The number of urea groups is 1. The summed E-state index contributed by atoms with van der Waals surface area (Å²) in [6.07, 6.45) is -0.355. The lowest BCUT2D eigenvalue weighted by molar-refractivity contribution is 0.261. The first kappa shape index (κ1) is 68.1. The highest BCUT2D eigenvalue weighted by Gasteiger charge is 2.22. The molecule has 0 aliphatic rings. The molecule has 0 aliphatic carbocycles. The Balaban J connectivity index is 1.30. The van der Waals surface area contributed by atoms with Crippen LogP contribution in [-0.4, -0.2) is 139 Å². The summed E-state index contributed by atoms with van der Waals surface area (Å²) < 4.78 is 168. The monoisotopic (exact) mass is 1300 g/mol. The number of amides is 2. The Bertz CT molecular complexity index is 3920. The molecular weight excluding hydrogens is 1240 g/mol. The third kappa shape index (κ3) is 19.0. The van der Waals surface area contributed by atoms with Crippen molar-refractivity contribution in [2.75, 3.05) is 102 Å². The zero-order valence-corrected chi connectivity index (χ0v) is 52.1. The van der Waals surface area contributed by atoms with Gasteiger partial charge in [0, 0.05) is 76.0 Å². The molecule has 0 spiro atoms. The van der Waals surface area contributed by atoms with Crippen LogP contribution in [0.2, 0.25) is 0 Å². The second-order valence-corrected chi connectivity index (χ2v) is 25.0. The maximum atomic E-state index is 14.0. The highest BCUT2D eigenvalue weighted by atomic mass is 32.2. The fourth-order valence-corrected chi connectivity index (χ4v) is 9.99. The largest absolute Gasteiger partial charge is 0.494 e. The first-order valence-corrected chi connectivity index (χ1v) is 31.7. The summed E-state index contributed by atoms with van der Waals surface area (Å²) in [6.45, 7) is 2.70. The second-order valence-electron chi connectivity index (χ2n) is 19.1. The van der Waals surface area contributed by atoms with E-state index in [1.54, 1.807) is 64.0 Å². The third-order valence-corrected chi connectivity index (χ3v) is 15.6. The molecule has 0 fully saturated rings. The molecule has 0 saturated heterocycles. The SMILES string of the molecule is COc1cc(N=Nc2ccc(N(C)C)cc2S(=O)(=O)O)c(OC)cc1N=Nc1cc(OCCCS(=O)(=O)O)c(NC(=O)Nc2cc(C)c(N=Nc3cc(OC)c(N=Nc4ccc(N(C)C)cc4S(=O)(=O)O)cc3OC)cc2OCCCS(=O)(=O)O)cc1C. The maximum absolute atomic E-state index is 14.0. The third-order valence-electron chi connectivity index (χ3n) is 12.2. The minimum atomic E-state index is -4.72. The second kappa shape index (κ2) is 29.1. The summed E-state index contributed by atoms with van der Waals surface area (Å²) in [4.78, 5) is 16.3. The van der Waals surface area contributed by atoms with E-state index in [2.05, 4.69) is 51.5 Å². The van der Waals surface area contributed by atoms with E-state index in [1.165, 1.54) is 101 Å². The molecule has 0 unspecified atom stereocenters. The van der Waals surface area contributed by atoms with E-state index >= 15 is 0 Å². The molecule has 0 saturated carbocycles. The molecule has 0 radical (unpaired) electrons. The summed E-state index contributed by atoms with van der Waals surface area (Å²) in [5.41, 5.74) is 2.24. The number of hydrogen-bond acceptors (Lipinski definition) is 25. The highest BCUT2D eigenvalue weighted by molar-refractivity contribution is 7.86. The standard InChI is InChI=1S/C53H62N12O19S4/c1-31-21-39(49(83-17-11-19-85(67,68)69)25-37(31)58-62-43-29-45(79-7)41(27-47(43)81-9)60-56-35-15-13-33(64(3)4)23-51(35)87(73,74)75)54-53(66)55-40-22-32(2)38(26-50(40)84-18-12-20-86(70,71)72)59-63-44-30-46(80-8)42(28-48(44)82-10)61-57-36-16-14-34(65(5)6)24-52(36)88(76,77)78/h13-16,21-30H,11-12,17-20H2,1-10H3,(H2,54,55,66)(H,67,68,69)(H,70,71,72)(H,73,74,75)(H,76,77,78). The molecule has 31 nitrogen and oxygen atoms in total. The van der Waals surface area contributed by atoms with Crippen LogP contribution in [0.1, 0.15) is 24.0 Å². The number of carbonyl (C=O) groups excluding carboxylic acids is 1. The van der Waals surface area contributed by atoms with Crippen molar-refractivity contribution in [2.45, 2.75) is 36.5 Å². The predicted octanol–water partition coefficient (Wildman–Crippen LogP) is 11.6. The number of methoxy groups -OCH3 is 4. The number of carbonyl (C=O) groups is 1. The van der Waals surface area contributed by atoms with Crippen molar-refractivity contribution in [3.05, 3.63) is 96.1 Å². The molecule has 472 valence electrons. The number of nitrogens with one attached hydrogen (secondary N) is 2. The van der Waals surface area contributed by atoms with Crippen LogP contribution in [0, 0.1) is 13.8 Å². The van der Waals surface area contributed by atoms with Gasteiger partial charge in [0.05, 0.1) is 75.9 Å². The highest BCUT2D eigenvalue weighted by Crippen LogP contribution is 2.45. The molecule has 0 heterocycles. The molecule has 6 aromatic rings. The summed E-state index contributed by atoms with van der Waals surface area (Å²) in [5, 5.41) is 39.3. The van der Waals surface area contributed by atoms with Gasteiger partial charge in [0.25, 0.3) is 40.5 Å². The Kier molecular flexibility index (Phi) is 22.6. The Morgan fingerprint density at radius 2 is 0.705 bits per heavy atom. The summed E-state index contributed by atoms with van der Waals surface area (Å²) in [7, 11) is -6.12. The topological polar surface area (TPSA) is 419 Å². The number of anilines is 4. The van der Waals surface area contributed by atoms with Crippen LogP contribution in [0.15, 0.2) is 136 Å². The van der Waals surface area contributed by atoms with E-state index < -0.39 is 67.8 Å².